The summed E-state index contributed by atoms with van der Waals surface area (Å²) in [6.45, 7) is 4.97. The number of nitrogens with one attached hydrogen (secondary N) is 2. The fourth-order valence-electron chi connectivity index (χ4n) is 1.67. The molecule has 2 N–H and O–H groups in total. The summed E-state index contributed by atoms with van der Waals surface area (Å²) in [7, 11) is 0. The van der Waals surface area contributed by atoms with Gasteiger partial charge in [-0.15, -0.1) is 23.7 Å². The maximum Gasteiger partial charge on any atom is 0.227 e. The molecule has 102 valence electrons. The average Bonchev–Trinajstić information content (AvgIpc) is 2.59. The van der Waals surface area contributed by atoms with Crippen LogP contribution in [-0.4, -0.2) is 35.0 Å². The zero-order valence-electron chi connectivity index (χ0n) is 10.5. The minimum absolute atomic E-state index is 0. The van der Waals surface area contributed by atoms with Gasteiger partial charge in [-0.2, -0.15) is 11.8 Å². The van der Waals surface area contributed by atoms with Crippen LogP contribution in [0.5, 0.6) is 0 Å². The van der Waals surface area contributed by atoms with Crippen LogP contribution in [-0.2, 0) is 4.79 Å². The first-order chi connectivity index (χ1) is 8.15. The fourth-order valence-corrected chi connectivity index (χ4v) is 3.45. The van der Waals surface area contributed by atoms with Crippen molar-refractivity contribution in [2.24, 2.45) is 0 Å². The molecule has 1 aliphatic rings. The monoisotopic (exact) mass is 307 g/mol. The summed E-state index contributed by atoms with van der Waals surface area (Å²) in [4.78, 5) is 17.3. The molecule has 0 aromatic carbocycles. The molecule has 1 aromatic rings. The average molecular weight is 308 g/mol. The number of anilines is 1. The van der Waals surface area contributed by atoms with Crippen molar-refractivity contribution < 1.29 is 4.79 Å². The summed E-state index contributed by atoms with van der Waals surface area (Å²) in [5, 5.41) is 6.94. The van der Waals surface area contributed by atoms with Crippen LogP contribution in [0, 0.1) is 13.8 Å². The summed E-state index contributed by atoms with van der Waals surface area (Å²) >= 11 is 3.44. The molecule has 18 heavy (non-hydrogen) atoms. The Morgan fingerprint density at radius 3 is 2.89 bits per heavy atom. The minimum atomic E-state index is 0. The number of halogens is 1. The Balaban J connectivity index is 0.00000162. The highest BCUT2D eigenvalue weighted by molar-refractivity contribution is 7.99. The van der Waals surface area contributed by atoms with E-state index >= 15 is 0 Å². The predicted octanol–water partition coefficient (Wildman–Crippen LogP) is 2.22. The van der Waals surface area contributed by atoms with Crippen molar-refractivity contribution in [3.8, 4) is 0 Å². The van der Waals surface area contributed by atoms with E-state index in [9.17, 15) is 4.79 Å². The van der Waals surface area contributed by atoms with E-state index in [2.05, 4.69) is 15.6 Å². The highest BCUT2D eigenvalue weighted by atomic mass is 35.5. The van der Waals surface area contributed by atoms with Crippen molar-refractivity contribution in [1.29, 1.82) is 0 Å². The Hall–Kier alpha value is -0.300. The number of rotatable bonds is 3. The normalized spacial score (nSPS) is 19.1. The fraction of sp³-hybridized carbons (Fsp3) is 0.636. The number of nitrogens with zero attached hydrogens (tertiary/aromatic N) is 1. The quantitative estimate of drug-likeness (QED) is 0.899. The summed E-state index contributed by atoms with van der Waals surface area (Å²) < 4.78 is 0. The molecule has 1 unspecified atom stereocenters. The molecule has 1 amide bonds. The molecule has 0 aliphatic carbocycles. The third-order valence-electron chi connectivity index (χ3n) is 2.71. The molecule has 0 spiro atoms. The molecule has 2 heterocycles. The van der Waals surface area contributed by atoms with Crippen LogP contribution < -0.4 is 10.6 Å². The molecule has 0 bridgehead atoms. The van der Waals surface area contributed by atoms with Gasteiger partial charge in [-0.25, -0.2) is 4.98 Å². The standard InChI is InChI=1S/C11H17N3OS2.ClH/c1-7-8(2)17-11(13-7)14-10(15)5-9-6-16-4-3-12-9;/h9,12H,3-6H2,1-2H3,(H,13,14,15);1H. The number of aryl methyl sites for hydroxylation is 2. The van der Waals surface area contributed by atoms with Crippen molar-refractivity contribution in [2.75, 3.05) is 23.4 Å². The van der Waals surface area contributed by atoms with E-state index in [1.807, 2.05) is 25.6 Å². The molecule has 1 fully saturated rings. The molecule has 0 saturated carbocycles. The molecule has 1 aliphatic heterocycles. The van der Waals surface area contributed by atoms with Crippen molar-refractivity contribution in [3.05, 3.63) is 10.6 Å². The van der Waals surface area contributed by atoms with Crippen molar-refractivity contribution in [2.45, 2.75) is 26.3 Å². The van der Waals surface area contributed by atoms with Gasteiger partial charge in [0.05, 0.1) is 5.69 Å². The molecule has 1 saturated heterocycles. The second-order valence-corrected chi connectivity index (χ2v) is 6.49. The van der Waals surface area contributed by atoms with Gasteiger partial charge in [0.25, 0.3) is 0 Å². The Morgan fingerprint density at radius 1 is 1.56 bits per heavy atom. The number of carbonyl (C=O) groups excluding carboxylic acids is 1. The lowest BCUT2D eigenvalue weighted by atomic mass is 10.2. The lowest BCUT2D eigenvalue weighted by Crippen LogP contribution is -2.39. The number of thiazole rings is 1. The Morgan fingerprint density at radius 2 is 2.33 bits per heavy atom. The number of hydrogen-bond donors (Lipinski definition) is 2. The van der Waals surface area contributed by atoms with Gasteiger partial charge in [0.2, 0.25) is 5.91 Å². The lowest BCUT2D eigenvalue weighted by Gasteiger charge is -2.22. The maximum absolute atomic E-state index is 11.8. The van der Waals surface area contributed by atoms with Crippen LogP contribution in [0.1, 0.15) is 17.0 Å². The number of amides is 1. The maximum atomic E-state index is 11.8. The molecule has 1 atom stereocenters. The van der Waals surface area contributed by atoms with E-state index in [0.29, 0.717) is 17.6 Å². The van der Waals surface area contributed by atoms with E-state index in [1.54, 1.807) is 0 Å². The van der Waals surface area contributed by atoms with Crippen LogP contribution in [0.2, 0.25) is 0 Å². The first-order valence-electron chi connectivity index (χ1n) is 5.70. The van der Waals surface area contributed by atoms with Gasteiger partial charge in [-0.3, -0.25) is 4.79 Å². The predicted molar refractivity (Wildman–Crippen MR) is 81.2 cm³/mol. The second-order valence-electron chi connectivity index (χ2n) is 4.14. The van der Waals surface area contributed by atoms with Crippen LogP contribution in [0.15, 0.2) is 0 Å². The van der Waals surface area contributed by atoms with Gasteiger partial charge < -0.3 is 10.6 Å². The summed E-state index contributed by atoms with van der Waals surface area (Å²) in [5.41, 5.74) is 0.997. The zero-order chi connectivity index (χ0) is 12.3. The molecule has 7 heteroatoms. The summed E-state index contributed by atoms with van der Waals surface area (Å²) in [6.07, 6.45) is 0.532. The zero-order valence-corrected chi connectivity index (χ0v) is 12.9. The minimum Gasteiger partial charge on any atom is -0.312 e. The third kappa shape index (κ3) is 4.42. The van der Waals surface area contributed by atoms with Gasteiger partial charge in [0.1, 0.15) is 0 Å². The van der Waals surface area contributed by atoms with Gasteiger partial charge in [-0.05, 0) is 13.8 Å². The van der Waals surface area contributed by atoms with Crippen LogP contribution >= 0.6 is 35.5 Å². The molecule has 4 nitrogen and oxygen atoms in total. The van der Waals surface area contributed by atoms with Gasteiger partial charge >= 0.3 is 0 Å². The van der Waals surface area contributed by atoms with Crippen molar-refractivity contribution in [1.82, 2.24) is 10.3 Å². The molecule has 1 aromatic heterocycles. The molecular weight excluding hydrogens is 290 g/mol. The Bertz CT molecular complexity index is 385. The van der Waals surface area contributed by atoms with E-state index in [4.69, 9.17) is 0 Å². The number of thioether (sulfide) groups is 1. The smallest absolute Gasteiger partial charge is 0.227 e. The second kappa shape index (κ2) is 7.33. The van der Waals surface area contributed by atoms with Crippen LogP contribution in [0.25, 0.3) is 0 Å². The lowest BCUT2D eigenvalue weighted by molar-refractivity contribution is -0.116. The van der Waals surface area contributed by atoms with Crippen LogP contribution in [0.4, 0.5) is 5.13 Å². The topological polar surface area (TPSA) is 54.0 Å². The highest BCUT2D eigenvalue weighted by Crippen LogP contribution is 2.21. The number of aromatic nitrogens is 1. The van der Waals surface area contributed by atoms with Gasteiger partial charge in [0.15, 0.2) is 5.13 Å². The highest BCUT2D eigenvalue weighted by Gasteiger charge is 2.17. The van der Waals surface area contributed by atoms with Crippen molar-refractivity contribution in [3.63, 3.8) is 0 Å². The van der Waals surface area contributed by atoms with Crippen molar-refractivity contribution >= 4 is 46.5 Å². The van der Waals surface area contributed by atoms with E-state index < -0.39 is 0 Å². The SMILES string of the molecule is Cc1nc(NC(=O)CC2CSCCN2)sc1C.Cl. The van der Waals surface area contributed by atoms with E-state index in [0.717, 1.165) is 28.6 Å². The van der Waals surface area contributed by atoms with E-state index in [1.165, 1.54) is 11.3 Å². The molecule has 2 rings (SSSR count). The first-order valence-corrected chi connectivity index (χ1v) is 7.67. The first kappa shape index (κ1) is 15.8. The largest absolute Gasteiger partial charge is 0.312 e. The van der Waals surface area contributed by atoms with Crippen LogP contribution in [0.3, 0.4) is 0 Å². The van der Waals surface area contributed by atoms with E-state index in [-0.39, 0.29) is 18.3 Å². The molecule has 0 radical (unpaired) electrons. The van der Waals surface area contributed by atoms with Gasteiger partial charge in [-0.1, -0.05) is 0 Å². The molecular formula is C11H18ClN3OS2. The number of carbonyl (C=O) groups is 1. The Kier molecular flexibility index (Phi) is 6.42. The number of hydrogen-bond acceptors (Lipinski definition) is 5. The third-order valence-corrected chi connectivity index (χ3v) is 4.82. The summed E-state index contributed by atoms with van der Waals surface area (Å²) in [6, 6.07) is 0.302. The summed E-state index contributed by atoms with van der Waals surface area (Å²) in [5.74, 6) is 2.21. The Labute approximate surface area is 122 Å². The van der Waals surface area contributed by atoms with Gasteiger partial charge in [0, 0.05) is 35.4 Å².